The summed E-state index contributed by atoms with van der Waals surface area (Å²) in [5, 5.41) is 16.0. The molecule has 0 fully saturated rings. The molecule has 8 heteroatoms. The van der Waals surface area contributed by atoms with E-state index in [1.165, 1.54) is 12.1 Å². The third-order valence-corrected chi connectivity index (χ3v) is 5.31. The van der Waals surface area contributed by atoms with Gasteiger partial charge in [-0.15, -0.1) is 10.2 Å². The molecule has 0 bridgehead atoms. The van der Waals surface area contributed by atoms with Crippen molar-refractivity contribution in [3.8, 4) is 22.9 Å². The molecule has 3 aromatic carbocycles. The lowest BCUT2D eigenvalue weighted by Gasteiger charge is -2.16. The van der Waals surface area contributed by atoms with Crippen LogP contribution in [0.5, 0.6) is 0 Å². The molecule has 0 amide bonds. The summed E-state index contributed by atoms with van der Waals surface area (Å²) < 4.78 is 19.2. The lowest BCUT2D eigenvalue weighted by atomic mass is 10.1. The lowest BCUT2D eigenvalue weighted by Crippen LogP contribution is -2.13. The van der Waals surface area contributed by atoms with Crippen molar-refractivity contribution in [1.29, 1.82) is 0 Å². The second-order valence-electron chi connectivity index (χ2n) is 6.54. The van der Waals surface area contributed by atoms with Crippen LogP contribution in [0.4, 0.5) is 15.8 Å². The van der Waals surface area contributed by atoms with E-state index in [9.17, 15) is 4.39 Å². The van der Waals surface area contributed by atoms with E-state index < -0.39 is 0 Å². The molecular weight excluding hydrogens is 414 g/mol. The third kappa shape index (κ3) is 3.30. The van der Waals surface area contributed by atoms with Gasteiger partial charge in [-0.1, -0.05) is 35.3 Å². The summed E-state index contributed by atoms with van der Waals surface area (Å²) in [6, 6.07) is 17.1. The maximum Gasteiger partial charge on any atom is 0.248 e. The van der Waals surface area contributed by atoms with E-state index >= 15 is 0 Å². The highest BCUT2D eigenvalue weighted by molar-refractivity contribution is 6.36. The minimum atomic E-state index is -0.362. The van der Waals surface area contributed by atoms with Crippen molar-refractivity contribution in [3.05, 3.63) is 82.1 Å². The van der Waals surface area contributed by atoms with Gasteiger partial charge in [0.2, 0.25) is 11.8 Å². The zero-order valence-electron chi connectivity index (χ0n) is 14.8. The van der Waals surface area contributed by atoms with Gasteiger partial charge in [0.1, 0.15) is 12.0 Å². The summed E-state index contributed by atoms with van der Waals surface area (Å²) in [5.74, 6) is 0.235. The normalized spacial score (nSPS) is 14.9. The molecule has 144 valence electrons. The van der Waals surface area contributed by atoms with Gasteiger partial charge in [0.05, 0.1) is 11.4 Å². The summed E-state index contributed by atoms with van der Waals surface area (Å²) in [6.45, 7) is 0. The molecule has 29 heavy (non-hydrogen) atoms. The second-order valence-corrected chi connectivity index (χ2v) is 7.35. The average molecular weight is 427 g/mol. The number of halogens is 3. The molecule has 4 aromatic rings. The smallest absolute Gasteiger partial charge is 0.248 e. The molecule has 1 atom stereocenters. The highest BCUT2D eigenvalue weighted by Gasteiger charge is 2.25. The number of nitrogens with zero attached hydrogens (tertiary/aromatic N) is 2. The first-order valence-electron chi connectivity index (χ1n) is 8.79. The van der Waals surface area contributed by atoms with Crippen LogP contribution in [0.3, 0.4) is 0 Å². The number of nitrogens with one attached hydrogen (secondary N) is 2. The predicted octanol–water partition coefficient (Wildman–Crippen LogP) is 6.39. The molecule has 1 aliphatic heterocycles. The monoisotopic (exact) mass is 426 g/mol. The Kier molecular flexibility index (Phi) is 4.38. The van der Waals surface area contributed by atoms with Crippen molar-refractivity contribution in [2.24, 2.45) is 0 Å². The standard InChI is InChI=1S/C21H13Cl2FN4O/c22-14-5-2-6-15(23)18(14)19-25-16-8-7-12(10-17(16)26-19)21-28-27-20(29-21)11-3-1-4-13(24)9-11/h1-10,19,25-26H. The van der Waals surface area contributed by atoms with Gasteiger partial charge in [0.25, 0.3) is 0 Å². The molecule has 0 saturated carbocycles. The number of anilines is 2. The highest BCUT2D eigenvalue weighted by atomic mass is 35.5. The molecule has 1 unspecified atom stereocenters. The Morgan fingerprint density at radius 2 is 1.45 bits per heavy atom. The Labute approximate surface area is 175 Å². The minimum Gasteiger partial charge on any atom is -0.416 e. The summed E-state index contributed by atoms with van der Waals surface area (Å²) in [5.41, 5.74) is 3.80. The van der Waals surface area contributed by atoms with Gasteiger partial charge < -0.3 is 15.1 Å². The van der Waals surface area contributed by atoms with E-state index in [0.717, 1.165) is 22.5 Å². The number of hydrogen-bond donors (Lipinski definition) is 2. The molecule has 2 N–H and O–H groups in total. The van der Waals surface area contributed by atoms with Crippen molar-refractivity contribution in [3.63, 3.8) is 0 Å². The quantitative estimate of drug-likeness (QED) is 0.397. The van der Waals surface area contributed by atoms with Crippen LogP contribution in [0.15, 0.2) is 65.1 Å². The Bertz CT molecular complexity index is 1210. The summed E-state index contributed by atoms with van der Waals surface area (Å²) in [7, 11) is 0. The topological polar surface area (TPSA) is 63.0 Å². The maximum absolute atomic E-state index is 13.4. The molecule has 0 aliphatic carbocycles. The number of fused-ring (bicyclic) bond motifs is 1. The van der Waals surface area contributed by atoms with E-state index in [1.807, 2.05) is 18.2 Å². The first-order valence-corrected chi connectivity index (χ1v) is 9.55. The van der Waals surface area contributed by atoms with E-state index in [-0.39, 0.29) is 17.9 Å². The fraction of sp³-hybridized carbons (Fsp3) is 0.0476. The number of rotatable bonds is 3. The zero-order chi connectivity index (χ0) is 20.0. The first-order chi connectivity index (χ1) is 14.1. The van der Waals surface area contributed by atoms with Gasteiger partial charge in [-0.25, -0.2) is 4.39 Å². The van der Waals surface area contributed by atoms with Crippen molar-refractivity contribution in [1.82, 2.24) is 10.2 Å². The summed E-state index contributed by atoms with van der Waals surface area (Å²) in [4.78, 5) is 0. The SMILES string of the molecule is Fc1cccc(-c2nnc(-c3ccc4c(c3)NC(c3c(Cl)cccc3Cl)N4)o2)c1. The average Bonchev–Trinajstić information content (AvgIpc) is 3.34. The van der Waals surface area contributed by atoms with Crippen molar-refractivity contribution < 1.29 is 8.81 Å². The van der Waals surface area contributed by atoms with E-state index in [1.54, 1.807) is 30.3 Å². The molecule has 0 spiro atoms. The van der Waals surface area contributed by atoms with Gasteiger partial charge in [-0.05, 0) is 48.5 Å². The van der Waals surface area contributed by atoms with Crippen molar-refractivity contribution in [2.75, 3.05) is 10.6 Å². The zero-order valence-corrected chi connectivity index (χ0v) is 16.3. The molecule has 1 aromatic heterocycles. The number of benzene rings is 3. The molecule has 5 rings (SSSR count). The summed E-state index contributed by atoms with van der Waals surface area (Å²) in [6.07, 6.45) is -0.257. The molecule has 0 saturated heterocycles. The van der Waals surface area contributed by atoms with Crippen LogP contribution in [0.25, 0.3) is 22.9 Å². The van der Waals surface area contributed by atoms with Crippen LogP contribution in [0.2, 0.25) is 10.0 Å². The Morgan fingerprint density at radius 3 is 2.17 bits per heavy atom. The second kappa shape index (κ2) is 7.06. The van der Waals surface area contributed by atoms with Crippen LogP contribution < -0.4 is 10.6 Å². The fourth-order valence-corrected chi connectivity index (χ4v) is 3.89. The van der Waals surface area contributed by atoms with Crippen LogP contribution in [0.1, 0.15) is 11.7 Å². The number of aromatic nitrogens is 2. The first kappa shape index (κ1) is 18.0. The third-order valence-electron chi connectivity index (χ3n) is 4.65. The largest absolute Gasteiger partial charge is 0.416 e. The van der Waals surface area contributed by atoms with E-state index in [4.69, 9.17) is 27.6 Å². The highest BCUT2D eigenvalue weighted by Crippen LogP contribution is 2.41. The van der Waals surface area contributed by atoms with E-state index in [0.29, 0.717) is 21.5 Å². The number of hydrogen-bond acceptors (Lipinski definition) is 5. The van der Waals surface area contributed by atoms with Gasteiger partial charge in [-0.2, -0.15) is 0 Å². The van der Waals surface area contributed by atoms with Gasteiger partial charge in [0.15, 0.2) is 0 Å². The Morgan fingerprint density at radius 1 is 0.793 bits per heavy atom. The maximum atomic E-state index is 13.4. The van der Waals surface area contributed by atoms with Crippen molar-refractivity contribution in [2.45, 2.75) is 6.17 Å². The van der Waals surface area contributed by atoms with Gasteiger partial charge >= 0.3 is 0 Å². The van der Waals surface area contributed by atoms with Crippen LogP contribution in [0, 0.1) is 5.82 Å². The predicted molar refractivity (Wildman–Crippen MR) is 112 cm³/mol. The Balaban J connectivity index is 1.44. The van der Waals surface area contributed by atoms with Crippen molar-refractivity contribution >= 4 is 34.6 Å². The van der Waals surface area contributed by atoms with E-state index in [2.05, 4.69) is 20.8 Å². The van der Waals surface area contributed by atoms with Crippen LogP contribution in [-0.2, 0) is 0 Å². The van der Waals surface area contributed by atoms with Crippen LogP contribution in [-0.4, -0.2) is 10.2 Å². The van der Waals surface area contributed by atoms with Gasteiger partial charge in [0, 0.05) is 26.7 Å². The van der Waals surface area contributed by atoms with Gasteiger partial charge in [-0.3, -0.25) is 0 Å². The van der Waals surface area contributed by atoms with Crippen LogP contribution >= 0.6 is 23.2 Å². The molecule has 2 heterocycles. The lowest BCUT2D eigenvalue weighted by molar-refractivity contribution is 0.582. The Hall–Kier alpha value is -3.09. The fourth-order valence-electron chi connectivity index (χ4n) is 3.28. The minimum absolute atomic E-state index is 0.256. The molecule has 1 aliphatic rings. The molecule has 0 radical (unpaired) electrons. The summed E-state index contributed by atoms with van der Waals surface area (Å²) >= 11 is 12.7. The molecular formula is C21H13Cl2FN4O. The molecule has 5 nitrogen and oxygen atoms in total.